The Balaban J connectivity index is 2.10. The molecule has 1 atom stereocenters. The summed E-state index contributed by atoms with van der Waals surface area (Å²) in [6, 6.07) is 11.7. The van der Waals surface area contributed by atoms with Gasteiger partial charge in [0.25, 0.3) is 5.91 Å². The molecule has 0 spiro atoms. The van der Waals surface area contributed by atoms with Gasteiger partial charge in [-0.3, -0.25) is 4.79 Å². The zero-order valence-electron chi connectivity index (χ0n) is 14.7. The average Bonchev–Trinajstić information content (AvgIpc) is 2.62. The predicted molar refractivity (Wildman–Crippen MR) is 108 cm³/mol. The second kappa shape index (κ2) is 9.32. The lowest BCUT2D eigenvalue weighted by Gasteiger charge is -2.20. The van der Waals surface area contributed by atoms with E-state index in [9.17, 15) is 13.2 Å². The Labute approximate surface area is 168 Å². The molecule has 0 aliphatic carbocycles. The number of amides is 1. The molecule has 0 heterocycles. The highest BCUT2D eigenvalue weighted by atomic mass is 35.5. The quantitative estimate of drug-likeness (QED) is 0.523. The van der Waals surface area contributed by atoms with E-state index < -0.39 is 22.0 Å². The first-order chi connectivity index (χ1) is 12.7. The monoisotopic (exact) mass is 427 g/mol. The van der Waals surface area contributed by atoms with E-state index in [1.54, 1.807) is 50.2 Å². The van der Waals surface area contributed by atoms with Crippen molar-refractivity contribution in [3.05, 3.63) is 64.1 Å². The number of carbonyl (C=O) groups is 1. The van der Waals surface area contributed by atoms with E-state index in [0.29, 0.717) is 15.6 Å². The third kappa shape index (κ3) is 6.04. The first kappa shape index (κ1) is 21.4. The van der Waals surface area contributed by atoms with E-state index in [1.165, 1.54) is 18.3 Å². The summed E-state index contributed by atoms with van der Waals surface area (Å²) in [6.45, 7) is 3.47. The third-order valence-corrected chi connectivity index (χ3v) is 5.65. The van der Waals surface area contributed by atoms with Crippen molar-refractivity contribution in [2.24, 2.45) is 11.0 Å². The Morgan fingerprint density at radius 2 is 1.78 bits per heavy atom. The summed E-state index contributed by atoms with van der Waals surface area (Å²) in [6.07, 6.45) is 1.36. The number of benzene rings is 2. The van der Waals surface area contributed by atoms with Gasteiger partial charge in [-0.25, -0.2) is 13.8 Å². The molecule has 0 bridgehead atoms. The molecule has 1 unspecified atom stereocenters. The minimum atomic E-state index is -3.84. The van der Waals surface area contributed by atoms with E-state index in [1.807, 2.05) is 0 Å². The molecule has 6 nitrogen and oxygen atoms in total. The zero-order chi connectivity index (χ0) is 20.0. The van der Waals surface area contributed by atoms with Crippen molar-refractivity contribution in [3.63, 3.8) is 0 Å². The molecular weight excluding hydrogens is 409 g/mol. The van der Waals surface area contributed by atoms with Gasteiger partial charge in [-0.15, -0.1) is 0 Å². The van der Waals surface area contributed by atoms with Crippen LogP contribution in [0.25, 0.3) is 0 Å². The standard InChI is InChI=1S/C18H19Cl2N3O3S/c1-12(2)17(23-27(25,26)15-6-4-3-5-7-15)18(24)22-21-11-13-8-9-14(19)10-16(13)20/h3-12,17,23H,1-2H3,(H,22,24)/b21-11+. The number of nitrogens with zero attached hydrogens (tertiary/aromatic N) is 1. The van der Waals surface area contributed by atoms with Crippen molar-refractivity contribution in [1.29, 1.82) is 0 Å². The largest absolute Gasteiger partial charge is 0.271 e. The molecule has 1 amide bonds. The van der Waals surface area contributed by atoms with Gasteiger partial charge in [0.05, 0.1) is 16.1 Å². The summed E-state index contributed by atoms with van der Waals surface area (Å²) in [5.74, 6) is -0.872. The SMILES string of the molecule is CC(C)C(NS(=O)(=O)c1ccccc1)C(=O)N/N=C/c1ccc(Cl)cc1Cl. The summed E-state index contributed by atoms with van der Waals surface area (Å²) in [5.41, 5.74) is 2.90. The number of hydrogen-bond acceptors (Lipinski definition) is 4. The molecule has 0 saturated heterocycles. The second-order valence-corrected chi connectivity index (χ2v) is 8.61. The second-order valence-electron chi connectivity index (χ2n) is 6.06. The molecule has 0 aliphatic rings. The van der Waals surface area contributed by atoms with Gasteiger partial charge < -0.3 is 0 Å². The topological polar surface area (TPSA) is 87.6 Å². The molecule has 2 aromatic rings. The number of halogens is 2. The van der Waals surface area contributed by atoms with Crippen LogP contribution in [0.1, 0.15) is 19.4 Å². The van der Waals surface area contributed by atoms with Gasteiger partial charge in [-0.05, 0) is 30.2 Å². The fourth-order valence-corrected chi connectivity index (χ4v) is 3.99. The van der Waals surface area contributed by atoms with Gasteiger partial charge in [0.1, 0.15) is 6.04 Å². The molecule has 0 radical (unpaired) electrons. The molecule has 2 rings (SSSR count). The van der Waals surface area contributed by atoms with Crippen molar-refractivity contribution in [3.8, 4) is 0 Å². The normalized spacial score (nSPS) is 13.1. The number of hydrogen-bond donors (Lipinski definition) is 2. The van der Waals surface area contributed by atoms with E-state index in [-0.39, 0.29) is 10.8 Å². The lowest BCUT2D eigenvalue weighted by atomic mass is 10.1. The Bertz CT molecular complexity index is 932. The molecular formula is C18H19Cl2N3O3S. The highest BCUT2D eigenvalue weighted by Gasteiger charge is 2.28. The van der Waals surface area contributed by atoms with Crippen LogP contribution < -0.4 is 10.1 Å². The first-order valence-electron chi connectivity index (χ1n) is 8.06. The van der Waals surface area contributed by atoms with Crippen LogP contribution in [0.15, 0.2) is 58.5 Å². The highest BCUT2D eigenvalue weighted by Crippen LogP contribution is 2.19. The number of sulfonamides is 1. The molecule has 0 fully saturated rings. The molecule has 0 aliphatic heterocycles. The Morgan fingerprint density at radius 3 is 2.37 bits per heavy atom. The maximum atomic E-state index is 12.5. The van der Waals surface area contributed by atoms with E-state index in [2.05, 4.69) is 15.2 Å². The number of rotatable bonds is 7. The van der Waals surface area contributed by atoms with Crippen molar-refractivity contribution in [2.45, 2.75) is 24.8 Å². The zero-order valence-corrected chi connectivity index (χ0v) is 17.0. The molecule has 2 aromatic carbocycles. The van der Waals surface area contributed by atoms with Crippen molar-refractivity contribution < 1.29 is 13.2 Å². The fraction of sp³-hybridized carbons (Fsp3) is 0.222. The molecule has 9 heteroatoms. The van der Waals surface area contributed by atoms with Crippen molar-refractivity contribution in [1.82, 2.24) is 10.1 Å². The predicted octanol–water partition coefficient (Wildman–Crippen LogP) is 3.45. The van der Waals surface area contributed by atoms with Crippen LogP contribution in [0.3, 0.4) is 0 Å². The third-order valence-electron chi connectivity index (χ3n) is 3.63. The highest BCUT2D eigenvalue weighted by molar-refractivity contribution is 7.89. The fourth-order valence-electron chi connectivity index (χ4n) is 2.17. The van der Waals surface area contributed by atoms with Gasteiger partial charge in [0.15, 0.2) is 0 Å². The lowest BCUT2D eigenvalue weighted by Crippen LogP contribution is -2.48. The maximum absolute atomic E-state index is 12.5. The van der Waals surface area contributed by atoms with Gasteiger partial charge >= 0.3 is 0 Å². The van der Waals surface area contributed by atoms with Crippen molar-refractivity contribution >= 4 is 45.3 Å². The van der Waals surface area contributed by atoms with Crippen LogP contribution >= 0.6 is 23.2 Å². The van der Waals surface area contributed by atoms with Crippen molar-refractivity contribution in [2.75, 3.05) is 0 Å². The smallest absolute Gasteiger partial charge is 0.258 e. The summed E-state index contributed by atoms with van der Waals surface area (Å²) < 4.78 is 27.3. The molecule has 0 aromatic heterocycles. The minimum absolute atomic E-state index is 0.0832. The van der Waals surface area contributed by atoms with Gasteiger partial charge in [-0.1, -0.05) is 61.3 Å². The van der Waals surface area contributed by atoms with E-state index in [4.69, 9.17) is 23.2 Å². The van der Waals surface area contributed by atoms with E-state index >= 15 is 0 Å². The van der Waals surface area contributed by atoms with Crippen LogP contribution in [0.4, 0.5) is 0 Å². The van der Waals surface area contributed by atoms with Crippen LogP contribution in [0, 0.1) is 5.92 Å². The molecule has 2 N–H and O–H groups in total. The number of nitrogens with one attached hydrogen (secondary N) is 2. The Morgan fingerprint density at radius 1 is 1.11 bits per heavy atom. The Kier molecular flexibility index (Phi) is 7.38. The molecule has 0 saturated carbocycles. The van der Waals surface area contributed by atoms with Gasteiger partial charge in [-0.2, -0.15) is 9.82 Å². The number of hydrazone groups is 1. The maximum Gasteiger partial charge on any atom is 0.258 e. The number of carbonyl (C=O) groups excluding carboxylic acids is 1. The minimum Gasteiger partial charge on any atom is -0.271 e. The van der Waals surface area contributed by atoms with Crippen LogP contribution in [-0.2, 0) is 14.8 Å². The summed E-state index contributed by atoms with van der Waals surface area (Å²) >= 11 is 11.9. The van der Waals surface area contributed by atoms with E-state index in [0.717, 1.165) is 0 Å². The average molecular weight is 428 g/mol. The molecule has 144 valence electrons. The first-order valence-corrected chi connectivity index (χ1v) is 10.3. The molecule has 27 heavy (non-hydrogen) atoms. The van der Waals surface area contributed by atoms with Crippen LogP contribution in [0.5, 0.6) is 0 Å². The summed E-state index contributed by atoms with van der Waals surface area (Å²) in [7, 11) is -3.84. The van der Waals surface area contributed by atoms with Crippen LogP contribution in [0.2, 0.25) is 10.0 Å². The summed E-state index contributed by atoms with van der Waals surface area (Å²) in [5, 5.41) is 4.71. The summed E-state index contributed by atoms with van der Waals surface area (Å²) in [4.78, 5) is 12.5. The lowest BCUT2D eigenvalue weighted by molar-refractivity contribution is -0.123. The van der Waals surface area contributed by atoms with Crippen LogP contribution in [-0.4, -0.2) is 26.6 Å². The Hall–Kier alpha value is -1.93. The van der Waals surface area contributed by atoms with Gasteiger partial charge in [0.2, 0.25) is 10.0 Å². The van der Waals surface area contributed by atoms with Gasteiger partial charge in [0, 0.05) is 10.6 Å².